The van der Waals surface area contributed by atoms with Crippen molar-refractivity contribution < 1.29 is 0 Å². The third-order valence-corrected chi connectivity index (χ3v) is 3.65. The van der Waals surface area contributed by atoms with Gasteiger partial charge in [0.25, 0.3) is 0 Å². The Morgan fingerprint density at radius 1 is 1.42 bits per heavy atom. The highest BCUT2D eigenvalue weighted by Crippen LogP contribution is 2.20. The lowest BCUT2D eigenvalue weighted by Gasteiger charge is -2.11. The van der Waals surface area contributed by atoms with E-state index in [4.69, 9.17) is 10.2 Å². The van der Waals surface area contributed by atoms with E-state index in [-0.39, 0.29) is 0 Å². The second kappa shape index (κ2) is 6.12. The van der Waals surface area contributed by atoms with Crippen molar-refractivity contribution in [3.63, 3.8) is 0 Å². The first-order valence-corrected chi connectivity index (χ1v) is 7.93. The minimum Gasteiger partial charge on any atom is -0.328 e. The summed E-state index contributed by atoms with van der Waals surface area (Å²) in [5.41, 5.74) is 2.76. The molecule has 0 aliphatic heterocycles. The number of imidazole rings is 1. The molecule has 0 aliphatic carbocycles. The van der Waals surface area contributed by atoms with Gasteiger partial charge in [-0.1, -0.05) is 13.8 Å². The van der Waals surface area contributed by atoms with E-state index >= 15 is 0 Å². The van der Waals surface area contributed by atoms with Crippen molar-refractivity contribution in [2.24, 2.45) is 5.92 Å². The molecule has 0 amide bonds. The summed E-state index contributed by atoms with van der Waals surface area (Å²) in [6.07, 6.45) is 3.09. The highest BCUT2D eigenvalue weighted by molar-refractivity contribution is 7.98. The number of rotatable bonds is 5. The summed E-state index contributed by atoms with van der Waals surface area (Å²) in [5, 5.41) is 8.97. The molecule has 1 aromatic carbocycles. The van der Waals surface area contributed by atoms with Crippen LogP contribution >= 0.6 is 11.8 Å². The highest BCUT2D eigenvalue weighted by atomic mass is 32.2. The number of nitrogens with zero attached hydrogens (tertiary/aromatic N) is 3. The zero-order chi connectivity index (χ0) is 13.8. The number of fused-ring (bicyclic) bond motifs is 1. The van der Waals surface area contributed by atoms with E-state index in [0.29, 0.717) is 11.5 Å². The monoisotopic (exact) mass is 273 g/mol. The third-order valence-electron chi connectivity index (χ3n) is 3.03. The maximum atomic E-state index is 8.97. The molecule has 0 saturated carbocycles. The van der Waals surface area contributed by atoms with E-state index in [2.05, 4.69) is 30.7 Å². The number of hydrogen-bond acceptors (Lipinski definition) is 3. The molecule has 0 N–H and O–H groups in total. The Kier molecular flexibility index (Phi) is 4.49. The van der Waals surface area contributed by atoms with E-state index in [1.54, 1.807) is 0 Å². The van der Waals surface area contributed by atoms with Crippen molar-refractivity contribution in [1.82, 2.24) is 9.55 Å². The molecule has 0 atom stereocenters. The Labute approximate surface area is 118 Å². The van der Waals surface area contributed by atoms with Gasteiger partial charge < -0.3 is 4.57 Å². The van der Waals surface area contributed by atoms with Crippen LogP contribution in [0.4, 0.5) is 0 Å². The maximum absolute atomic E-state index is 8.97. The molecule has 0 radical (unpaired) electrons. The molecular weight excluding hydrogens is 254 g/mol. The predicted molar refractivity (Wildman–Crippen MR) is 81.4 cm³/mol. The molecule has 2 aromatic rings. The van der Waals surface area contributed by atoms with E-state index in [0.717, 1.165) is 35.6 Å². The van der Waals surface area contributed by atoms with Gasteiger partial charge in [0, 0.05) is 18.7 Å². The van der Waals surface area contributed by atoms with E-state index in [9.17, 15) is 0 Å². The molecule has 19 heavy (non-hydrogen) atoms. The maximum Gasteiger partial charge on any atom is 0.110 e. The number of aromatic nitrogens is 2. The van der Waals surface area contributed by atoms with Crippen molar-refractivity contribution >= 4 is 22.8 Å². The normalized spacial score (nSPS) is 11.1. The summed E-state index contributed by atoms with van der Waals surface area (Å²) in [5.74, 6) is 2.79. The topological polar surface area (TPSA) is 41.6 Å². The number of thioether (sulfide) groups is 1. The molecule has 0 bridgehead atoms. The SMILES string of the molecule is CSCCc1nc2cc(C#N)ccc2n1CC(C)C. The van der Waals surface area contributed by atoms with Crippen molar-refractivity contribution in [1.29, 1.82) is 5.26 Å². The zero-order valence-corrected chi connectivity index (χ0v) is 12.5. The molecule has 4 heteroatoms. The quantitative estimate of drug-likeness (QED) is 0.837. The Morgan fingerprint density at radius 2 is 2.21 bits per heavy atom. The fraction of sp³-hybridized carbons (Fsp3) is 0.467. The summed E-state index contributed by atoms with van der Waals surface area (Å²) < 4.78 is 2.30. The molecule has 2 rings (SSSR count). The fourth-order valence-corrected chi connectivity index (χ4v) is 2.59. The molecule has 1 heterocycles. The smallest absolute Gasteiger partial charge is 0.110 e. The first-order chi connectivity index (χ1) is 9.15. The molecule has 0 unspecified atom stereocenters. The Hall–Kier alpha value is -1.47. The number of hydrogen-bond donors (Lipinski definition) is 0. The van der Waals surface area contributed by atoms with Gasteiger partial charge in [-0.25, -0.2) is 4.98 Å². The molecule has 0 saturated heterocycles. The summed E-state index contributed by atoms with van der Waals surface area (Å²) in [7, 11) is 0. The van der Waals surface area contributed by atoms with Gasteiger partial charge in [0.15, 0.2) is 0 Å². The van der Waals surface area contributed by atoms with Crippen LogP contribution in [0.15, 0.2) is 18.2 Å². The van der Waals surface area contributed by atoms with Gasteiger partial charge in [-0.05, 0) is 30.4 Å². The molecule has 0 fully saturated rings. The summed E-state index contributed by atoms with van der Waals surface area (Å²) in [6, 6.07) is 7.96. The number of nitriles is 1. The number of aryl methyl sites for hydroxylation is 1. The van der Waals surface area contributed by atoms with Crippen LogP contribution in [-0.4, -0.2) is 21.6 Å². The van der Waals surface area contributed by atoms with Crippen molar-refractivity contribution in [3.05, 3.63) is 29.6 Å². The summed E-state index contributed by atoms with van der Waals surface area (Å²) in [6.45, 7) is 5.41. The van der Waals surface area contributed by atoms with E-state index in [1.807, 2.05) is 30.0 Å². The van der Waals surface area contributed by atoms with Crippen molar-refractivity contribution in [2.45, 2.75) is 26.8 Å². The van der Waals surface area contributed by atoms with Gasteiger partial charge in [0.05, 0.1) is 22.7 Å². The first kappa shape index (κ1) is 14.0. The van der Waals surface area contributed by atoms with Gasteiger partial charge in [-0.2, -0.15) is 17.0 Å². The average Bonchev–Trinajstić information content (AvgIpc) is 2.73. The Morgan fingerprint density at radius 3 is 2.84 bits per heavy atom. The summed E-state index contributed by atoms with van der Waals surface area (Å²) >= 11 is 1.84. The molecule has 3 nitrogen and oxygen atoms in total. The minimum atomic E-state index is 0.584. The largest absolute Gasteiger partial charge is 0.328 e. The second-order valence-corrected chi connectivity index (χ2v) is 6.08. The van der Waals surface area contributed by atoms with Crippen LogP contribution in [0, 0.1) is 17.2 Å². The van der Waals surface area contributed by atoms with Gasteiger partial charge in [-0.3, -0.25) is 0 Å². The first-order valence-electron chi connectivity index (χ1n) is 6.54. The van der Waals surface area contributed by atoms with Gasteiger partial charge in [0.1, 0.15) is 5.82 Å². The standard InChI is InChI=1S/C15H19N3S/c1-11(2)10-18-14-5-4-12(9-16)8-13(14)17-15(18)6-7-19-3/h4-5,8,11H,6-7,10H2,1-3H3. The third kappa shape index (κ3) is 3.10. The Bertz CT molecular complexity index is 608. The average molecular weight is 273 g/mol. The van der Waals surface area contributed by atoms with Crippen LogP contribution < -0.4 is 0 Å². The minimum absolute atomic E-state index is 0.584. The van der Waals surface area contributed by atoms with Crippen LogP contribution in [0.2, 0.25) is 0 Å². The van der Waals surface area contributed by atoms with Crippen LogP contribution in [0.3, 0.4) is 0 Å². The van der Waals surface area contributed by atoms with Gasteiger partial charge >= 0.3 is 0 Å². The zero-order valence-electron chi connectivity index (χ0n) is 11.7. The lowest BCUT2D eigenvalue weighted by atomic mass is 10.2. The molecule has 0 spiro atoms. The van der Waals surface area contributed by atoms with Crippen molar-refractivity contribution in [2.75, 3.05) is 12.0 Å². The van der Waals surface area contributed by atoms with Crippen LogP contribution in [-0.2, 0) is 13.0 Å². The van der Waals surface area contributed by atoms with Gasteiger partial charge in [0.2, 0.25) is 0 Å². The van der Waals surface area contributed by atoms with Crippen molar-refractivity contribution in [3.8, 4) is 6.07 Å². The Balaban J connectivity index is 2.49. The van der Waals surface area contributed by atoms with Crippen LogP contribution in [0.25, 0.3) is 11.0 Å². The van der Waals surface area contributed by atoms with E-state index in [1.165, 1.54) is 0 Å². The summed E-state index contributed by atoms with van der Waals surface area (Å²) in [4.78, 5) is 4.71. The van der Waals surface area contributed by atoms with E-state index < -0.39 is 0 Å². The fourth-order valence-electron chi connectivity index (χ4n) is 2.20. The second-order valence-electron chi connectivity index (χ2n) is 5.09. The van der Waals surface area contributed by atoms with Gasteiger partial charge in [-0.15, -0.1) is 0 Å². The van der Waals surface area contributed by atoms with Crippen LogP contribution in [0.1, 0.15) is 25.2 Å². The van der Waals surface area contributed by atoms with Crippen LogP contribution in [0.5, 0.6) is 0 Å². The molecular formula is C15H19N3S. The molecule has 0 aliphatic rings. The predicted octanol–water partition coefficient (Wildman–Crippen LogP) is 3.47. The lowest BCUT2D eigenvalue weighted by molar-refractivity contribution is 0.519. The molecule has 1 aromatic heterocycles. The number of benzene rings is 1. The molecule has 100 valence electrons. The lowest BCUT2D eigenvalue weighted by Crippen LogP contribution is -2.09. The highest BCUT2D eigenvalue weighted by Gasteiger charge is 2.12.